The lowest BCUT2D eigenvalue weighted by atomic mass is 10.2. The molecule has 2 N–H and O–H groups in total. The van der Waals surface area contributed by atoms with Crippen molar-refractivity contribution < 1.29 is 9.47 Å². The lowest BCUT2D eigenvalue weighted by Crippen LogP contribution is -2.46. The summed E-state index contributed by atoms with van der Waals surface area (Å²) >= 11 is 0. The van der Waals surface area contributed by atoms with Crippen molar-refractivity contribution in [1.82, 2.24) is 10.6 Å². The highest BCUT2D eigenvalue weighted by molar-refractivity contribution is 4.96. The Morgan fingerprint density at radius 2 is 2.13 bits per heavy atom. The van der Waals surface area contributed by atoms with E-state index in [9.17, 15) is 0 Å². The molecule has 0 bridgehead atoms. The van der Waals surface area contributed by atoms with Crippen LogP contribution in [0.3, 0.4) is 0 Å². The Morgan fingerprint density at radius 3 is 2.73 bits per heavy atom. The number of methoxy groups -OCH3 is 2. The van der Waals surface area contributed by atoms with E-state index in [1.807, 2.05) is 7.05 Å². The Hall–Kier alpha value is -0.420. The van der Waals surface area contributed by atoms with Gasteiger partial charge in [0.05, 0.1) is 12.3 Å². The van der Waals surface area contributed by atoms with Gasteiger partial charge in [0.2, 0.25) is 0 Å². The van der Waals surface area contributed by atoms with E-state index in [1.165, 1.54) is 0 Å². The molecule has 4 nitrogen and oxygen atoms in total. The molecule has 0 radical (unpaired) electrons. The molecule has 1 heterocycles. The largest absolute Gasteiger partial charge is 0.377 e. The zero-order chi connectivity index (χ0) is 11.1. The molecule has 0 aromatic rings. The van der Waals surface area contributed by atoms with Crippen molar-refractivity contribution in [2.75, 3.05) is 27.8 Å². The maximum absolute atomic E-state index is 5.41. The van der Waals surface area contributed by atoms with E-state index in [0.29, 0.717) is 6.17 Å². The molecule has 1 unspecified atom stereocenters. The van der Waals surface area contributed by atoms with Crippen LogP contribution in [0.5, 0.6) is 0 Å². The Morgan fingerprint density at radius 1 is 1.33 bits per heavy atom. The molecule has 15 heavy (non-hydrogen) atoms. The maximum Gasteiger partial charge on any atom is 0.103 e. The van der Waals surface area contributed by atoms with Crippen LogP contribution in [-0.4, -0.2) is 46.2 Å². The minimum absolute atomic E-state index is 0.0399. The van der Waals surface area contributed by atoms with Crippen LogP contribution >= 0.6 is 0 Å². The van der Waals surface area contributed by atoms with Gasteiger partial charge in [-0.1, -0.05) is 12.2 Å². The number of ether oxygens (including phenoxy) is 2. The maximum atomic E-state index is 5.41. The molecule has 0 amide bonds. The normalized spacial score (nSPS) is 35.3. The SMILES string of the molecule is CNC1CC/C=C\[C@H](OC)[C@@H](OC)CN1. The summed E-state index contributed by atoms with van der Waals surface area (Å²) < 4.78 is 10.8. The molecule has 0 aromatic heterocycles. The Balaban J connectivity index is 2.59. The monoisotopic (exact) mass is 214 g/mol. The second kappa shape index (κ2) is 6.95. The average molecular weight is 214 g/mol. The fraction of sp³-hybridized carbons (Fsp3) is 0.818. The molecule has 0 fully saturated rings. The number of allylic oxidation sites excluding steroid dienone is 1. The number of nitrogens with one attached hydrogen (secondary N) is 2. The van der Waals surface area contributed by atoms with Gasteiger partial charge in [-0.05, 0) is 19.9 Å². The van der Waals surface area contributed by atoms with Crippen molar-refractivity contribution in [3.8, 4) is 0 Å². The van der Waals surface area contributed by atoms with Crippen LogP contribution in [0.2, 0.25) is 0 Å². The van der Waals surface area contributed by atoms with Crippen LogP contribution in [0.15, 0.2) is 12.2 Å². The van der Waals surface area contributed by atoms with E-state index < -0.39 is 0 Å². The van der Waals surface area contributed by atoms with E-state index in [4.69, 9.17) is 9.47 Å². The van der Waals surface area contributed by atoms with E-state index in [-0.39, 0.29) is 12.2 Å². The summed E-state index contributed by atoms with van der Waals surface area (Å²) in [5.74, 6) is 0. The van der Waals surface area contributed by atoms with Gasteiger partial charge < -0.3 is 14.8 Å². The third kappa shape index (κ3) is 3.91. The van der Waals surface area contributed by atoms with Crippen molar-refractivity contribution >= 4 is 0 Å². The molecule has 0 saturated carbocycles. The highest BCUT2D eigenvalue weighted by Gasteiger charge is 2.20. The van der Waals surface area contributed by atoms with Crippen LogP contribution in [0.4, 0.5) is 0 Å². The van der Waals surface area contributed by atoms with Crippen molar-refractivity contribution in [2.24, 2.45) is 0 Å². The fourth-order valence-electron chi connectivity index (χ4n) is 1.79. The standard InChI is InChI=1S/C11H22N2O2/c1-12-11-7-5-4-6-9(14-2)10(15-3)8-13-11/h4,6,9-13H,5,7-8H2,1-3H3/b6-4-/t9-,10-,11?/m0/s1. The van der Waals surface area contributed by atoms with Gasteiger partial charge in [-0.15, -0.1) is 0 Å². The molecule has 1 aliphatic heterocycles. The molecule has 4 heteroatoms. The summed E-state index contributed by atoms with van der Waals surface area (Å²) in [5.41, 5.74) is 0. The summed E-state index contributed by atoms with van der Waals surface area (Å²) in [5, 5.41) is 6.66. The van der Waals surface area contributed by atoms with Gasteiger partial charge in [0, 0.05) is 20.8 Å². The van der Waals surface area contributed by atoms with E-state index in [0.717, 1.165) is 19.4 Å². The first-order chi connectivity index (χ1) is 7.31. The Bertz CT molecular complexity index is 197. The first-order valence-electron chi connectivity index (χ1n) is 5.44. The minimum atomic E-state index is 0.0399. The smallest absolute Gasteiger partial charge is 0.103 e. The van der Waals surface area contributed by atoms with Gasteiger partial charge in [0.15, 0.2) is 0 Å². The van der Waals surface area contributed by atoms with Crippen LogP contribution in [-0.2, 0) is 9.47 Å². The quantitative estimate of drug-likeness (QED) is 0.671. The van der Waals surface area contributed by atoms with Gasteiger partial charge in [-0.25, -0.2) is 0 Å². The molecule has 0 aliphatic carbocycles. The molecule has 0 aromatic carbocycles. The van der Waals surface area contributed by atoms with Crippen molar-refractivity contribution in [3.63, 3.8) is 0 Å². The van der Waals surface area contributed by atoms with Crippen molar-refractivity contribution in [1.29, 1.82) is 0 Å². The van der Waals surface area contributed by atoms with Gasteiger partial charge in [0.25, 0.3) is 0 Å². The van der Waals surface area contributed by atoms with Crippen molar-refractivity contribution in [3.05, 3.63) is 12.2 Å². The summed E-state index contributed by atoms with van der Waals surface area (Å²) in [6.45, 7) is 0.796. The molecule has 1 aliphatic rings. The highest BCUT2D eigenvalue weighted by Crippen LogP contribution is 2.08. The molecular formula is C11H22N2O2. The highest BCUT2D eigenvalue weighted by atomic mass is 16.5. The van der Waals surface area contributed by atoms with Crippen LogP contribution in [0.25, 0.3) is 0 Å². The Labute approximate surface area is 92.0 Å². The molecule has 0 saturated heterocycles. The predicted molar refractivity (Wildman–Crippen MR) is 60.8 cm³/mol. The summed E-state index contributed by atoms with van der Waals surface area (Å²) in [4.78, 5) is 0. The molecule has 3 atom stereocenters. The first-order valence-corrected chi connectivity index (χ1v) is 5.44. The summed E-state index contributed by atoms with van der Waals surface area (Å²) in [6, 6.07) is 0. The fourth-order valence-corrected chi connectivity index (χ4v) is 1.79. The third-order valence-electron chi connectivity index (χ3n) is 2.80. The number of hydrogen-bond donors (Lipinski definition) is 2. The van der Waals surface area contributed by atoms with Crippen LogP contribution in [0, 0.1) is 0 Å². The topological polar surface area (TPSA) is 42.5 Å². The molecule has 1 rings (SSSR count). The van der Waals surface area contributed by atoms with E-state index in [2.05, 4.69) is 22.8 Å². The second-order valence-corrected chi connectivity index (χ2v) is 3.73. The number of hydrogen-bond acceptors (Lipinski definition) is 4. The Kier molecular flexibility index (Phi) is 5.86. The van der Waals surface area contributed by atoms with Gasteiger partial charge in [0.1, 0.15) is 6.10 Å². The summed E-state index contributed by atoms with van der Waals surface area (Å²) in [7, 11) is 5.40. The first kappa shape index (κ1) is 12.6. The lowest BCUT2D eigenvalue weighted by molar-refractivity contribution is -0.0114. The molecule has 88 valence electrons. The van der Waals surface area contributed by atoms with Gasteiger partial charge >= 0.3 is 0 Å². The van der Waals surface area contributed by atoms with Gasteiger partial charge in [-0.3, -0.25) is 5.32 Å². The zero-order valence-electron chi connectivity index (χ0n) is 9.82. The van der Waals surface area contributed by atoms with E-state index >= 15 is 0 Å². The van der Waals surface area contributed by atoms with E-state index in [1.54, 1.807) is 14.2 Å². The third-order valence-corrected chi connectivity index (χ3v) is 2.80. The molecular weight excluding hydrogens is 192 g/mol. The predicted octanol–water partition coefficient (Wildman–Crippen LogP) is 0.501. The minimum Gasteiger partial charge on any atom is -0.377 e. The van der Waals surface area contributed by atoms with Crippen molar-refractivity contribution in [2.45, 2.75) is 31.2 Å². The second-order valence-electron chi connectivity index (χ2n) is 3.73. The van der Waals surface area contributed by atoms with Gasteiger partial charge in [-0.2, -0.15) is 0 Å². The zero-order valence-corrected chi connectivity index (χ0v) is 9.82. The summed E-state index contributed by atoms with van der Waals surface area (Å²) in [6.07, 6.45) is 6.85. The number of rotatable bonds is 3. The molecule has 0 spiro atoms. The van der Waals surface area contributed by atoms with Crippen LogP contribution < -0.4 is 10.6 Å². The van der Waals surface area contributed by atoms with Crippen LogP contribution in [0.1, 0.15) is 12.8 Å². The average Bonchev–Trinajstić information content (AvgIpc) is 2.37. The lowest BCUT2D eigenvalue weighted by Gasteiger charge is -2.24.